The Labute approximate surface area is 108 Å². The number of halogens is 1. The third-order valence-corrected chi connectivity index (χ3v) is 3.32. The number of rotatable bonds is 5. The lowest BCUT2D eigenvalue weighted by Crippen LogP contribution is -2.14. The molecule has 0 spiro atoms. The molecule has 0 aliphatic heterocycles. The maximum atomic E-state index is 13.4. The summed E-state index contributed by atoms with van der Waals surface area (Å²) in [5, 5.41) is 22.5. The van der Waals surface area contributed by atoms with Crippen LogP contribution in [-0.4, -0.2) is 22.5 Å². The van der Waals surface area contributed by atoms with E-state index in [4.69, 9.17) is 5.11 Å². The van der Waals surface area contributed by atoms with Gasteiger partial charge < -0.3 is 10.4 Å². The number of nitrogens with zero attached hydrogens (tertiary/aromatic N) is 1. The average molecular weight is 268 g/mol. The van der Waals surface area contributed by atoms with Gasteiger partial charge in [-0.25, -0.2) is 9.18 Å². The quantitative estimate of drug-likeness (QED) is 0.632. The van der Waals surface area contributed by atoms with Gasteiger partial charge >= 0.3 is 5.97 Å². The summed E-state index contributed by atoms with van der Waals surface area (Å²) in [5.74, 6) is -2.56. The van der Waals surface area contributed by atoms with Gasteiger partial charge in [-0.2, -0.15) is 0 Å². The molecule has 102 valence electrons. The van der Waals surface area contributed by atoms with Crippen LogP contribution in [0.4, 0.5) is 15.8 Å². The van der Waals surface area contributed by atoms with Crippen LogP contribution in [-0.2, 0) is 0 Å². The number of hydrogen-bond donors (Lipinski definition) is 2. The van der Waals surface area contributed by atoms with Crippen molar-refractivity contribution in [2.24, 2.45) is 5.41 Å². The second kappa shape index (κ2) is 4.49. The number of carboxylic acids is 1. The van der Waals surface area contributed by atoms with E-state index in [-0.39, 0.29) is 11.1 Å². The Bertz CT molecular complexity index is 555. The van der Waals surface area contributed by atoms with Crippen molar-refractivity contribution in [3.8, 4) is 0 Å². The monoisotopic (exact) mass is 268 g/mol. The first-order valence-electron chi connectivity index (χ1n) is 5.77. The predicted octanol–water partition coefficient (Wildman–Crippen LogP) is 2.64. The first kappa shape index (κ1) is 13.3. The Morgan fingerprint density at radius 1 is 1.58 bits per heavy atom. The van der Waals surface area contributed by atoms with E-state index < -0.39 is 28.0 Å². The van der Waals surface area contributed by atoms with Crippen LogP contribution in [0.2, 0.25) is 0 Å². The Morgan fingerprint density at radius 2 is 2.21 bits per heavy atom. The molecule has 0 aromatic heterocycles. The highest BCUT2D eigenvalue weighted by Crippen LogP contribution is 2.45. The highest BCUT2D eigenvalue weighted by atomic mass is 19.1. The second-order valence-corrected chi connectivity index (χ2v) is 5.08. The van der Waals surface area contributed by atoms with Crippen molar-refractivity contribution in [2.75, 3.05) is 11.9 Å². The minimum absolute atomic E-state index is 0.0388. The van der Waals surface area contributed by atoms with E-state index in [1.807, 2.05) is 6.92 Å². The largest absolute Gasteiger partial charge is 0.478 e. The molecular weight excluding hydrogens is 255 g/mol. The van der Waals surface area contributed by atoms with Crippen molar-refractivity contribution >= 4 is 17.3 Å². The van der Waals surface area contributed by atoms with E-state index in [1.54, 1.807) is 0 Å². The molecular formula is C12H13FN2O4. The van der Waals surface area contributed by atoms with Gasteiger partial charge in [0.15, 0.2) is 0 Å². The second-order valence-electron chi connectivity index (χ2n) is 5.08. The van der Waals surface area contributed by atoms with Gasteiger partial charge in [0.25, 0.3) is 5.69 Å². The molecule has 0 unspecified atom stereocenters. The Kier molecular flexibility index (Phi) is 3.13. The highest BCUT2D eigenvalue weighted by Gasteiger charge is 2.37. The van der Waals surface area contributed by atoms with Crippen molar-refractivity contribution in [1.82, 2.24) is 0 Å². The predicted molar refractivity (Wildman–Crippen MR) is 65.8 cm³/mol. The first-order chi connectivity index (χ1) is 8.82. The lowest BCUT2D eigenvalue weighted by molar-refractivity contribution is -0.384. The molecule has 19 heavy (non-hydrogen) atoms. The summed E-state index contributed by atoms with van der Waals surface area (Å²) in [7, 11) is 0. The zero-order valence-corrected chi connectivity index (χ0v) is 10.3. The maximum Gasteiger partial charge on any atom is 0.338 e. The minimum Gasteiger partial charge on any atom is -0.478 e. The number of nitrogens with one attached hydrogen (secondary N) is 1. The van der Waals surface area contributed by atoms with Gasteiger partial charge in [0.2, 0.25) is 0 Å². The number of anilines is 1. The van der Waals surface area contributed by atoms with Crippen molar-refractivity contribution < 1.29 is 19.2 Å². The van der Waals surface area contributed by atoms with Crippen LogP contribution >= 0.6 is 0 Å². The van der Waals surface area contributed by atoms with Crippen LogP contribution in [0.25, 0.3) is 0 Å². The summed E-state index contributed by atoms with van der Waals surface area (Å²) in [5.41, 5.74) is -0.899. The number of carbonyl (C=O) groups is 1. The van der Waals surface area contributed by atoms with Crippen molar-refractivity contribution in [3.05, 3.63) is 33.6 Å². The van der Waals surface area contributed by atoms with Crippen LogP contribution < -0.4 is 5.32 Å². The zero-order chi connectivity index (χ0) is 14.2. The average Bonchev–Trinajstić information content (AvgIpc) is 3.05. The molecule has 0 saturated heterocycles. The first-order valence-corrected chi connectivity index (χ1v) is 5.77. The minimum atomic E-state index is -1.45. The van der Waals surface area contributed by atoms with Crippen LogP contribution in [0.5, 0.6) is 0 Å². The number of hydrogen-bond acceptors (Lipinski definition) is 4. The summed E-state index contributed by atoms with van der Waals surface area (Å²) in [4.78, 5) is 20.9. The molecule has 6 nitrogen and oxygen atoms in total. The van der Waals surface area contributed by atoms with Crippen molar-refractivity contribution in [3.63, 3.8) is 0 Å². The summed E-state index contributed by atoms with van der Waals surface area (Å²) in [6.45, 7) is 2.52. The SMILES string of the molecule is CC1(CNc2cc(C(=O)O)c(F)cc2[N+](=O)[O-])CC1. The van der Waals surface area contributed by atoms with Crippen molar-refractivity contribution in [1.29, 1.82) is 0 Å². The maximum absolute atomic E-state index is 13.4. The summed E-state index contributed by atoms with van der Waals surface area (Å²) >= 11 is 0. The summed E-state index contributed by atoms with van der Waals surface area (Å²) in [6, 6.07) is 1.61. The molecule has 1 aromatic rings. The molecule has 0 atom stereocenters. The molecule has 0 heterocycles. The van der Waals surface area contributed by atoms with Crippen LogP contribution in [0, 0.1) is 21.3 Å². The number of carboxylic acid groups (broad SMARTS) is 1. The van der Waals surface area contributed by atoms with Gasteiger partial charge in [0, 0.05) is 6.54 Å². The van der Waals surface area contributed by atoms with Gasteiger partial charge in [-0.3, -0.25) is 10.1 Å². The molecule has 0 amide bonds. The molecule has 1 fully saturated rings. The Hall–Kier alpha value is -2.18. The molecule has 0 bridgehead atoms. The fourth-order valence-electron chi connectivity index (χ4n) is 1.72. The lowest BCUT2D eigenvalue weighted by Gasteiger charge is -2.12. The van der Waals surface area contributed by atoms with E-state index in [0.717, 1.165) is 18.9 Å². The van der Waals surface area contributed by atoms with Gasteiger partial charge in [-0.05, 0) is 24.3 Å². The molecule has 1 aromatic carbocycles. The number of aromatic carboxylic acids is 1. The van der Waals surface area contributed by atoms with E-state index in [0.29, 0.717) is 12.6 Å². The van der Waals surface area contributed by atoms with E-state index in [9.17, 15) is 19.3 Å². The third-order valence-electron chi connectivity index (χ3n) is 3.32. The fourth-order valence-corrected chi connectivity index (χ4v) is 1.72. The number of benzene rings is 1. The van der Waals surface area contributed by atoms with E-state index >= 15 is 0 Å². The lowest BCUT2D eigenvalue weighted by atomic mass is 10.1. The summed E-state index contributed by atoms with van der Waals surface area (Å²) in [6.07, 6.45) is 2.03. The Morgan fingerprint density at radius 3 is 2.68 bits per heavy atom. The normalized spacial score (nSPS) is 15.9. The number of nitro benzene ring substituents is 1. The topological polar surface area (TPSA) is 92.5 Å². The van der Waals surface area contributed by atoms with Gasteiger partial charge in [-0.1, -0.05) is 6.92 Å². The molecule has 2 N–H and O–H groups in total. The highest BCUT2D eigenvalue weighted by molar-refractivity contribution is 5.90. The third kappa shape index (κ3) is 2.81. The molecule has 1 aliphatic carbocycles. The van der Waals surface area contributed by atoms with Gasteiger partial charge in [-0.15, -0.1) is 0 Å². The summed E-state index contributed by atoms with van der Waals surface area (Å²) < 4.78 is 13.4. The molecule has 7 heteroatoms. The van der Waals surface area contributed by atoms with Crippen molar-refractivity contribution in [2.45, 2.75) is 19.8 Å². The van der Waals surface area contributed by atoms with Crippen LogP contribution in [0.3, 0.4) is 0 Å². The zero-order valence-electron chi connectivity index (χ0n) is 10.3. The molecule has 2 rings (SSSR count). The molecule has 1 saturated carbocycles. The smallest absolute Gasteiger partial charge is 0.338 e. The van der Waals surface area contributed by atoms with E-state index in [1.165, 1.54) is 0 Å². The van der Waals surface area contributed by atoms with E-state index in [2.05, 4.69) is 5.32 Å². The van der Waals surface area contributed by atoms with Gasteiger partial charge in [0.05, 0.1) is 16.6 Å². The Balaban J connectivity index is 2.34. The van der Waals surface area contributed by atoms with Gasteiger partial charge in [0.1, 0.15) is 11.5 Å². The molecule has 0 radical (unpaired) electrons. The van der Waals surface area contributed by atoms with Crippen LogP contribution in [0.15, 0.2) is 12.1 Å². The standard InChI is InChI=1S/C12H13FN2O4/c1-12(2-3-12)6-14-9-4-7(11(16)17)8(13)5-10(9)15(18)19/h4-5,14H,2-3,6H2,1H3,(H,16,17). The fraction of sp³-hybridized carbons (Fsp3) is 0.417. The molecule has 1 aliphatic rings. The number of nitro groups is 1. The van der Waals surface area contributed by atoms with Crippen LogP contribution in [0.1, 0.15) is 30.1 Å².